The zero-order valence-electron chi connectivity index (χ0n) is 14.5. The molecular weight excluding hydrogens is 343 g/mol. The molecular formula is C18H25FN2O3S. The molecule has 1 aromatic carbocycles. The highest BCUT2D eigenvalue weighted by Crippen LogP contribution is 2.26. The molecule has 2 aliphatic rings. The molecule has 2 fully saturated rings. The maximum absolute atomic E-state index is 13.1. The van der Waals surface area contributed by atoms with E-state index in [1.165, 1.54) is 16.4 Å². The molecule has 2 atom stereocenters. The summed E-state index contributed by atoms with van der Waals surface area (Å²) in [5, 5.41) is 0. The number of rotatable bonds is 3. The Labute approximate surface area is 148 Å². The summed E-state index contributed by atoms with van der Waals surface area (Å²) in [5.41, 5.74) is 0. The Morgan fingerprint density at radius 3 is 2.44 bits per heavy atom. The molecule has 2 saturated heterocycles. The molecule has 5 nitrogen and oxygen atoms in total. The van der Waals surface area contributed by atoms with E-state index < -0.39 is 15.8 Å². The number of hydrogen-bond donors (Lipinski definition) is 0. The van der Waals surface area contributed by atoms with E-state index in [0.29, 0.717) is 18.9 Å². The number of carbonyl (C=O) groups excluding carboxylic acids is 1. The van der Waals surface area contributed by atoms with Gasteiger partial charge in [-0.05, 0) is 55.9 Å². The Hall–Kier alpha value is -1.47. The topological polar surface area (TPSA) is 57.7 Å². The molecule has 1 amide bonds. The van der Waals surface area contributed by atoms with E-state index in [2.05, 4.69) is 6.92 Å². The lowest BCUT2D eigenvalue weighted by atomic mass is 9.94. The molecule has 3 rings (SSSR count). The van der Waals surface area contributed by atoms with Crippen molar-refractivity contribution in [2.75, 3.05) is 26.2 Å². The number of halogens is 1. The number of hydrogen-bond acceptors (Lipinski definition) is 3. The largest absolute Gasteiger partial charge is 0.342 e. The number of likely N-dealkylation sites (tertiary alicyclic amines) is 1. The van der Waals surface area contributed by atoms with Crippen LogP contribution < -0.4 is 0 Å². The highest BCUT2D eigenvalue weighted by atomic mass is 32.2. The lowest BCUT2D eigenvalue weighted by Crippen LogP contribution is -2.48. The van der Waals surface area contributed by atoms with Crippen LogP contribution >= 0.6 is 0 Å². The predicted molar refractivity (Wildman–Crippen MR) is 92.9 cm³/mol. The first kappa shape index (κ1) is 18.3. The lowest BCUT2D eigenvalue weighted by molar-refractivity contribution is -0.138. The minimum absolute atomic E-state index is 0.0746. The number of carbonyl (C=O) groups is 1. The Balaban J connectivity index is 1.72. The van der Waals surface area contributed by atoms with Gasteiger partial charge in [-0.15, -0.1) is 0 Å². The minimum atomic E-state index is -3.69. The predicted octanol–water partition coefficient (Wildman–Crippen LogP) is 2.48. The van der Waals surface area contributed by atoms with Crippen molar-refractivity contribution >= 4 is 15.9 Å². The fourth-order valence-electron chi connectivity index (χ4n) is 3.77. The molecule has 2 heterocycles. The van der Waals surface area contributed by atoms with Crippen LogP contribution in [0, 0.1) is 17.7 Å². The molecule has 0 unspecified atom stereocenters. The van der Waals surface area contributed by atoms with E-state index in [1.54, 1.807) is 0 Å². The van der Waals surface area contributed by atoms with Crippen LogP contribution in [0.4, 0.5) is 4.39 Å². The van der Waals surface area contributed by atoms with Crippen molar-refractivity contribution < 1.29 is 17.6 Å². The van der Waals surface area contributed by atoms with Crippen LogP contribution in [0.25, 0.3) is 0 Å². The Kier molecular flexibility index (Phi) is 5.43. The first-order valence-corrected chi connectivity index (χ1v) is 10.4. The third-order valence-electron chi connectivity index (χ3n) is 5.15. The molecule has 1 aromatic rings. The quantitative estimate of drug-likeness (QED) is 0.824. The molecule has 2 aliphatic heterocycles. The Bertz CT molecular complexity index is 720. The van der Waals surface area contributed by atoms with Gasteiger partial charge >= 0.3 is 0 Å². The summed E-state index contributed by atoms with van der Waals surface area (Å²) in [6, 6.07) is 4.86. The highest BCUT2D eigenvalue weighted by Gasteiger charge is 2.35. The van der Waals surface area contributed by atoms with Gasteiger partial charge in [0, 0.05) is 26.2 Å². The first-order chi connectivity index (χ1) is 11.9. The molecule has 0 aromatic heterocycles. The maximum atomic E-state index is 13.1. The van der Waals surface area contributed by atoms with Crippen LogP contribution in [-0.4, -0.2) is 49.7 Å². The molecule has 0 bridgehead atoms. The second-order valence-electron chi connectivity index (χ2n) is 7.19. The minimum Gasteiger partial charge on any atom is -0.342 e. The van der Waals surface area contributed by atoms with Crippen LogP contribution in [-0.2, 0) is 14.8 Å². The summed E-state index contributed by atoms with van der Waals surface area (Å²) in [4.78, 5) is 14.8. The van der Waals surface area contributed by atoms with Crippen LogP contribution in [0.2, 0.25) is 0 Å². The molecule has 25 heavy (non-hydrogen) atoms. The third kappa shape index (κ3) is 4.03. The van der Waals surface area contributed by atoms with E-state index in [4.69, 9.17) is 0 Å². The molecule has 0 spiro atoms. The second kappa shape index (κ2) is 7.41. The van der Waals surface area contributed by atoms with Crippen molar-refractivity contribution in [1.82, 2.24) is 9.21 Å². The zero-order valence-corrected chi connectivity index (χ0v) is 15.3. The van der Waals surface area contributed by atoms with E-state index in [0.717, 1.165) is 44.5 Å². The van der Waals surface area contributed by atoms with Gasteiger partial charge in [0.05, 0.1) is 10.8 Å². The van der Waals surface area contributed by atoms with Crippen molar-refractivity contribution in [3.05, 3.63) is 30.1 Å². The van der Waals surface area contributed by atoms with Crippen molar-refractivity contribution in [1.29, 1.82) is 0 Å². The van der Waals surface area contributed by atoms with Gasteiger partial charge in [0.25, 0.3) is 0 Å². The van der Waals surface area contributed by atoms with Gasteiger partial charge in [0.1, 0.15) is 5.82 Å². The smallest absolute Gasteiger partial charge is 0.243 e. The number of piperidine rings is 2. The van der Waals surface area contributed by atoms with Crippen molar-refractivity contribution in [3.8, 4) is 0 Å². The van der Waals surface area contributed by atoms with Gasteiger partial charge in [-0.1, -0.05) is 6.92 Å². The van der Waals surface area contributed by atoms with Crippen molar-refractivity contribution in [2.45, 2.75) is 37.5 Å². The van der Waals surface area contributed by atoms with Gasteiger partial charge in [0.2, 0.25) is 15.9 Å². The number of nitrogens with zero attached hydrogens (tertiary/aromatic N) is 2. The monoisotopic (exact) mass is 368 g/mol. The molecule has 0 saturated carbocycles. The number of amides is 1. The number of benzene rings is 1. The van der Waals surface area contributed by atoms with E-state index >= 15 is 0 Å². The summed E-state index contributed by atoms with van der Waals surface area (Å²) < 4.78 is 40.0. The Morgan fingerprint density at radius 1 is 1.08 bits per heavy atom. The van der Waals surface area contributed by atoms with E-state index in [9.17, 15) is 17.6 Å². The summed E-state index contributed by atoms with van der Waals surface area (Å²) in [7, 11) is -3.69. The standard InChI is InChI=1S/C18H25FN2O3S/c1-14-4-2-10-20(12-14)18(22)15-5-3-11-21(13-15)25(23,24)17-8-6-16(19)7-9-17/h6-9,14-15H,2-5,10-13H2,1H3/t14-,15+/m0/s1. The summed E-state index contributed by atoms with van der Waals surface area (Å²) in [6.45, 7) is 4.29. The molecule has 0 N–H and O–H groups in total. The molecule has 138 valence electrons. The second-order valence-corrected chi connectivity index (χ2v) is 9.13. The summed E-state index contributed by atoms with van der Waals surface area (Å²) >= 11 is 0. The van der Waals surface area contributed by atoms with Crippen LogP contribution in [0.15, 0.2) is 29.2 Å². The number of sulfonamides is 1. The van der Waals surface area contributed by atoms with E-state index in [1.807, 2.05) is 4.90 Å². The van der Waals surface area contributed by atoms with Crippen molar-refractivity contribution in [2.24, 2.45) is 11.8 Å². The molecule has 0 radical (unpaired) electrons. The lowest BCUT2D eigenvalue weighted by Gasteiger charge is -2.37. The van der Waals surface area contributed by atoms with Gasteiger partial charge in [0.15, 0.2) is 0 Å². The maximum Gasteiger partial charge on any atom is 0.243 e. The third-order valence-corrected chi connectivity index (χ3v) is 7.03. The zero-order chi connectivity index (χ0) is 18.0. The summed E-state index contributed by atoms with van der Waals surface area (Å²) in [5.74, 6) is -0.176. The summed E-state index contributed by atoms with van der Waals surface area (Å²) in [6.07, 6.45) is 3.54. The van der Waals surface area contributed by atoms with Crippen LogP contribution in [0.5, 0.6) is 0 Å². The van der Waals surface area contributed by atoms with Gasteiger partial charge < -0.3 is 4.90 Å². The average Bonchev–Trinajstić information content (AvgIpc) is 2.61. The van der Waals surface area contributed by atoms with Gasteiger partial charge in [-0.2, -0.15) is 4.31 Å². The van der Waals surface area contributed by atoms with Gasteiger partial charge in [-0.3, -0.25) is 4.79 Å². The van der Waals surface area contributed by atoms with E-state index in [-0.39, 0.29) is 23.3 Å². The first-order valence-electron chi connectivity index (χ1n) is 8.92. The van der Waals surface area contributed by atoms with Gasteiger partial charge in [-0.25, -0.2) is 12.8 Å². The van der Waals surface area contributed by atoms with Crippen LogP contribution in [0.3, 0.4) is 0 Å². The van der Waals surface area contributed by atoms with Crippen molar-refractivity contribution in [3.63, 3.8) is 0 Å². The normalized spacial score (nSPS) is 25.8. The fraction of sp³-hybridized carbons (Fsp3) is 0.611. The fourth-order valence-corrected chi connectivity index (χ4v) is 5.29. The molecule has 0 aliphatic carbocycles. The Morgan fingerprint density at radius 2 is 1.76 bits per heavy atom. The average molecular weight is 368 g/mol. The van der Waals surface area contributed by atoms with Crippen LogP contribution in [0.1, 0.15) is 32.6 Å². The highest BCUT2D eigenvalue weighted by molar-refractivity contribution is 7.89. The SMILES string of the molecule is C[C@H]1CCCN(C(=O)[C@@H]2CCCN(S(=O)(=O)c3ccc(F)cc3)C2)C1. The molecule has 7 heteroatoms.